The van der Waals surface area contributed by atoms with Crippen molar-refractivity contribution in [3.63, 3.8) is 0 Å². The molecule has 0 aromatic heterocycles. The van der Waals surface area contributed by atoms with E-state index in [9.17, 15) is 28.7 Å². The maximum atomic E-state index is 12.7. The fourth-order valence-corrected chi connectivity index (χ4v) is 7.70. The van der Waals surface area contributed by atoms with Crippen LogP contribution in [0.1, 0.15) is 175 Å². The summed E-state index contributed by atoms with van der Waals surface area (Å²) in [6, 6.07) is 0. The Bertz CT molecular complexity index is 1440. The Kier molecular flexibility index (Phi) is 36.3. The zero-order valence-electron chi connectivity index (χ0n) is 39.2. The number of aliphatic hydroxyl groups is 1. The predicted molar refractivity (Wildman–Crippen MR) is 252 cm³/mol. The maximum absolute atomic E-state index is 12.7. The van der Waals surface area contributed by atoms with Gasteiger partial charge in [-0.05, 0) is 57.3 Å². The van der Waals surface area contributed by atoms with Crippen LogP contribution in [0, 0.1) is 5.92 Å². The average molecular weight is 947 g/mol. The van der Waals surface area contributed by atoms with Gasteiger partial charge in [-0.15, -0.1) is 0 Å². The highest BCUT2D eigenvalue weighted by Gasteiger charge is 2.36. The van der Waals surface area contributed by atoms with Gasteiger partial charge in [-0.3, -0.25) is 23.2 Å². The highest BCUT2D eigenvalue weighted by molar-refractivity contribution is 7.47. The van der Waals surface area contributed by atoms with E-state index in [0.717, 1.165) is 57.3 Å². The minimum atomic E-state index is -4.87. The average Bonchev–Trinajstić information content (AvgIpc) is 4.00. The lowest BCUT2D eigenvalue weighted by Crippen LogP contribution is -2.29. The molecular weight excluding hydrogens is 862 g/mol. The maximum Gasteiger partial charge on any atom is 0.472 e. The van der Waals surface area contributed by atoms with Gasteiger partial charge in [0.1, 0.15) is 12.7 Å². The first-order valence-electron chi connectivity index (χ1n) is 24.0. The van der Waals surface area contributed by atoms with Crippen LogP contribution < -0.4 is 0 Å². The van der Waals surface area contributed by atoms with Gasteiger partial charge in [0.2, 0.25) is 0 Å². The molecule has 1 heterocycles. The highest BCUT2D eigenvalue weighted by atomic mass is 31.2. The summed E-state index contributed by atoms with van der Waals surface area (Å²) in [4.78, 5) is 52.8. The van der Waals surface area contributed by atoms with Crippen LogP contribution in [0.5, 0.6) is 0 Å². The van der Waals surface area contributed by atoms with Crippen molar-refractivity contribution in [2.75, 3.05) is 26.4 Å². The Balaban J connectivity index is 2.36. The van der Waals surface area contributed by atoms with E-state index in [1.807, 2.05) is 18.2 Å². The molecule has 0 aromatic carbocycles. The summed E-state index contributed by atoms with van der Waals surface area (Å²) in [7, 11) is -9.70. The highest BCUT2D eigenvalue weighted by Crippen LogP contribution is 2.44. The van der Waals surface area contributed by atoms with Crippen LogP contribution in [-0.2, 0) is 46.5 Å². The molecule has 3 unspecified atom stereocenters. The van der Waals surface area contributed by atoms with Gasteiger partial charge in [0, 0.05) is 12.8 Å². The number of rotatable bonds is 43. The molecule has 1 saturated heterocycles. The number of aliphatic hydroxyl groups excluding tert-OH is 1. The minimum Gasteiger partial charge on any atom is -0.462 e. The molecule has 0 saturated carbocycles. The smallest absolute Gasteiger partial charge is 0.462 e. The van der Waals surface area contributed by atoms with Gasteiger partial charge in [0.05, 0.1) is 32.0 Å². The minimum absolute atomic E-state index is 0.0658. The summed E-state index contributed by atoms with van der Waals surface area (Å²) in [5.74, 6) is -0.328. The Morgan fingerprint density at radius 3 is 1.58 bits per heavy atom. The number of carbonyl (C=O) groups is 2. The van der Waals surface area contributed by atoms with Crippen molar-refractivity contribution in [3.05, 3.63) is 60.8 Å². The molecule has 5 atom stereocenters. The fourth-order valence-electron chi connectivity index (χ4n) is 6.54. The third-order valence-corrected chi connectivity index (χ3v) is 11.7. The molecule has 1 rings (SSSR count). The number of epoxide rings is 1. The quantitative estimate of drug-likeness (QED) is 0.0147. The number of esters is 2. The number of phosphoric ester groups is 2. The first-order chi connectivity index (χ1) is 30.7. The molecule has 1 aliphatic heterocycles. The van der Waals surface area contributed by atoms with Crippen LogP contribution in [0.3, 0.4) is 0 Å². The van der Waals surface area contributed by atoms with Crippen molar-refractivity contribution in [3.8, 4) is 0 Å². The zero-order valence-corrected chi connectivity index (χ0v) is 41.0. The molecular formula is C48H84O14P2. The van der Waals surface area contributed by atoms with E-state index in [0.29, 0.717) is 31.5 Å². The number of hydrogen-bond acceptors (Lipinski definition) is 11. The Hall–Kier alpha value is -2.22. The molecule has 0 amide bonds. The van der Waals surface area contributed by atoms with Crippen molar-refractivity contribution in [2.45, 2.75) is 199 Å². The number of ether oxygens (including phenoxy) is 3. The van der Waals surface area contributed by atoms with Crippen LogP contribution in [0.4, 0.5) is 0 Å². The third kappa shape index (κ3) is 40.1. The van der Waals surface area contributed by atoms with Gasteiger partial charge in [0.15, 0.2) is 6.10 Å². The van der Waals surface area contributed by atoms with E-state index < -0.39 is 66.2 Å². The normalized spacial score (nSPS) is 17.7. The van der Waals surface area contributed by atoms with Crippen LogP contribution in [0.25, 0.3) is 0 Å². The summed E-state index contributed by atoms with van der Waals surface area (Å²) >= 11 is 0. The fraction of sp³-hybridized carbons (Fsp3) is 0.750. The number of phosphoric acid groups is 2. The van der Waals surface area contributed by atoms with Gasteiger partial charge >= 0.3 is 27.6 Å². The van der Waals surface area contributed by atoms with Crippen molar-refractivity contribution in [1.29, 1.82) is 0 Å². The Labute approximate surface area is 385 Å². The second-order valence-corrected chi connectivity index (χ2v) is 19.6. The van der Waals surface area contributed by atoms with E-state index in [-0.39, 0.29) is 12.8 Å². The summed E-state index contributed by atoms with van der Waals surface area (Å²) < 4.78 is 53.5. The molecule has 14 nitrogen and oxygen atoms in total. The second kappa shape index (κ2) is 38.8. The second-order valence-electron chi connectivity index (χ2n) is 16.9. The van der Waals surface area contributed by atoms with Crippen molar-refractivity contribution in [1.82, 2.24) is 0 Å². The lowest BCUT2D eigenvalue weighted by molar-refractivity contribution is -0.161. The number of hydrogen-bond donors (Lipinski definition) is 4. The molecule has 0 radical (unpaired) electrons. The van der Waals surface area contributed by atoms with Gasteiger partial charge in [-0.1, -0.05) is 171 Å². The molecule has 16 heteroatoms. The summed E-state index contributed by atoms with van der Waals surface area (Å²) in [6.07, 6.45) is 42.7. The van der Waals surface area contributed by atoms with Crippen LogP contribution >= 0.6 is 15.6 Å². The SMILES string of the molecule is CC/C=C\CC1OC1C/C=C\C/C=C\C/C=C\C/C=C\CCC(=O)OC[C@H](COP(=O)(O)OC[C@@H](O)COP(=O)(O)O)OC(=O)CCCCCCCCCCCCCCCCC(C)C. The molecule has 1 aliphatic rings. The topological polar surface area (TPSA) is 208 Å². The summed E-state index contributed by atoms with van der Waals surface area (Å²) in [5.41, 5.74) is 0. The molecule has 0 spiro atoms. The molecule has 370 valence electrons. The number of carbonyl (C=O) groups excluding carboxylic acids is 2. The molecule has 0 bridgehead atoms. The van der Waals surface area contributed by atoms with E-state index in [2.05, 4.69) is 67.8 Å². The molecule has 0 aromatic rings. The van der Waals surface area contributed by atoms with Crippen LogP contribution in [0.2, 0.25) is 0 Å². The Morgan fingerprint density at radius 1 is 0.578 bits per heavy atom. The monoisotopic (exact) mass is 947 g/mol. The lowest BCUT2D eigenvalue weighted by atomic mass is 10.0. The van der Waals surface area contributed by atoms with E-state index in [4.69, 9.17) is 33.0 Å². The first-order valence-corrected chi connectivity index (χ1v) is 27.0. The Morgan fingerprint density at radius 2 is 1.05 bits per heavy atom. The van der Waals surface area contributed by atoms with E-state index >= 15 is 0 Å². The van der Waals surface area contributed by atoms with Crippen molar-refractivity contribution >= 4 is 27.6 Å². The largest absolute Gasteiger partial charge is 0.472 e. The van der Waals surface area contributed by atoms with Crippen LogP contribution in [0.15, 0.2) is 60.8 Å². The lowest BCUT2D eigenvalue weighted by Gasteiger charge is -2.20. The molecule has 0 aliphatic carbocycles. The first kappa shape index (κ1) is 59.8. The van der Waals surface area contributed by atoms with Gasteiger partial charge in [-0.2, -0.15) is 0 Å². The summed E-state index contributed by atoms with van der Waals surface area (Å²) in [6.45, 7) is 3.90. The number of allylic oxidation sites excluding steroid dienone is 8. The third-order valence-electron chi connectivity index (χ3n) is 10.3. The number of unbranched alkanes of at least 4 members (excludes halogenated alkanes) is 13. The van der Waals surface area contributed by atoms with Crippen molar-refractivity contribution in [2.24, 2.45) is 5.92 Å². The van der Waals surface area contributed by atoms with E-state index in [1.54, 1.807) is 0 Å². The predicted octanol–water partition coefficient (Wildman–Crippen LogP) is 11.6. The van der Waals surface area contributed by atoms with E-state index in [1.165, 1.54) is 70.6 Å². The molecule has 64 heavy (non-hydrogen) atoms. The molecule has 4 N–H and O–H groups in total. The van der Waals surface area contributed by atoms with Crippen molar-refractivity contribution < 1.29 is 66.3 Å². The summed E-state index contributed by atoms with van der Waals surface area (Å²) in [5, 5.41) is 9.77. The van der Waals surface area contributed by atoms with Gasteiger partial charge in [0.25, 0.3) is 0 Å². The molecule has 1 fully saturated rings. The standard InChI is InChI=1S/C48H84O14P2/c1-4-5-28-34-45-46(62-45)35-30-25-21-17-13-10-11-14-18-22-26-31-36-47(50)57-40-44(41-60-64(55,56)59-39-43(49)38-58-63(52,53)54)61-48(51)37-32-27-23-19-15-9-7-6-8-12-16-20-24-29-33-42(2)3/h5,11,13-14,17,22,25-26,28,30,42-46,49H,4,6-10,12,15-16,18-21,23-24,27,29,31-41H2,1-3H3,(H,55,56)(H2,52,53,54)/b14-11-,17-13-,26-22-,28-5-,30-25-/t43-,44+,45?,46?/m0/s1. The van der Waals surface area contributed by atoms with Gasteiger partial charge < -0.3 is 34.0 Å². The van der Waals surface area contributed by atoms with Gasteiger partial charge in [-0.25, -0.2) is 9.13 Å². The zero-order chi connectivity index (χ0) is 47.2. The van der Waals surface area contributed by atoms with Crippen LogP contribution in [-0.4, -0.2) is 82.6 Å².